The van der Waals surface area contributed by atoms with Crippen LogP contribution >= 0.6 is 0 Å². The lowest BCUT2D eigenvalue weighted by molar-refractivity contribution is -0.130. The van der Waals surface area contributed by atoms with Gasteiger partial charge in [-0.05, 0) is 61.4 Å². The van der Waals surface area contributed by atoms with E-state index < -0.39 is 12.1 Å². The lowest BCUT2D eigenvalue weighted by Gasteiger charge is -2.40. The molecule has 2 aromatic carbocycles. The van der Waals surface area contributed by atoms with Gasteiger partial charge in [-0.2, -0.15) is 0 Å². The summed E-state index contributed by atoms with van der Waals surface area (Å²) >= 11 is 0. The van der Waals surface area contributed by atoms with E-state index in [0.717, 1.165) is 0 Å². The van der Waals surface area contributed by atoms with Gasteiger partial charge in [0.1, 0.15) is 17.7 Å². The monoisotopic (exact) mass is 426 g/mol. The molecule has 2 atom stereocenters. The molecule has 1 aliphatic heterocycles. The van der Waals surface area contributed by atoms with E-state index in [1.54, 1.807) is 30.0 Å². The van der Waals surface area contributed by atoms with Crippen molar-refractivity contribution in [2.24, 2.45) is 0 Å². The number of nitrogens with zero attached hydrogens (tertiary/aromatic N) is 2. The highest BCUT2D eigenvalue weighted by Crippen LogP contribution is 2.26. The number of aromatic carboxylic acids is 1. The van der Waals surface area contributed by atoms with Crippen molar-refractivity contribution in [3.63, 3.8) is 0 Å². The average molecular weight is 426 g/mol. The average Bonchev–Trinajstić information content (AvgIpc) is 2.75. The van der Waals surface area contributed by atoms with Crippen molar-refractivity contribution in [1.82, 2.24) is 9.80 Å². The third kappa shape index (κ3) is 5.49. The summed E-state index contributed by atoms with van der Waals surface area (Å²) in [6.07, 6.45) is 0.869. The minimum absolute atomic E-state index is 0.0181. The lowest BCUT2D eigenvalue weighted by atomic mass is 10.0. The van der Waals surface area contributed by atoms with Gasteiger partial charge in [0.2, 0.25) is 5.91 Å². The number of hydrogen-bond donors (Lipinski definition) is 1. The van der Waals surface area contributed by atoms with Crippen molar-refractivity contribution in [2.45, 2.75) is 26.0 Å². The van der Waals surface area contributed by atoms with Crippen LogP contribution in [0.4, 0.5) is 4.39 Å². The number of piperazine rings is 1. The number of rotatable bonds is 7. The Morgan fingerprint density at radius 3 is 2.55 bits per heavy atom. The molecule has 0 bridgehead atoms. The molecule has 1 saturated heterocycles. The molecule has 164 valence electrons. The SMILES string of the molecule is C=CC(=O)N1CCN(C[C@H](Oc2ccc(C(=O)O)cc2)c2ccc(C)c(F)c2)C[C@H]1C. The number of aryl methyl sites for hydroxylation is 1. The molecule has 1 fully saturated rings. The lowest BCUT2D eigenvalue weighted by Crippen LogP contribution is -2.54. The largest absolute Gasteiger partial charge is 0.484 e. The maximum atomic E-state index is 14.3. The molecular formula is C24H27FN2O4. The van der Waals surface area contributed by atoms with Crippen LogP contribution in [0, 0.1) is 12.7 Å². The van der Waals surface area contributed by atoms with E-state index in [0.29, 0.717) is 43.1 Å². The van der Waals surface area contributed by atoms with E-state index >= 15 is 0 Å². The van der Waals surface area contributed by atoms with Gasteiger partial charge in [-0.1, -0.05) is 18.7 Å². The maximum Gasteiger partial charge on any atom is 0.335 e. The number of hydrogen-bond acceptors (Lipinski definition) is 4. The van der Waals surface area contributed by atoms with Gasteiger partial charge in [0.05, 0.1) is 5.56 Å². The van der Waals surface area contributed by atoms with Gasteiger partial charge in [-0.15, -0.1) is 0 Å². The fraction of sp³-hybridized carbons (Fsp3) is 0.333. The highest BCUT2D eigenvalue weighted by molar-refractivity contribution is 5.87. The highest BCUT2D eigenvalue weighted by Gasteiger charge is 2.28. The molecule has 0 radical (unpaired) electrons. The molecule has 1 N–H and O–H groups in total. The van der Waals surface area contributed by atoms with Crippen LogP contribution in [0.3, 0.4) is 0 Å². The Morgan fingerprint density at radius 2 is 1.97 bits per heavy atom. The van der Waals surface area contributed by atoms with Crippen LogP contribution in [0.25, 0.3) is 0 Å². The van der Waals surface area contributed by atoms with E-state index in [1.165, 1.54) is 24.3 Å². The molecular weight excluding hydrogens is 399 g/mol. The molecule has 3 rings (SSSR count). The van der Waals surface area contributed by atoms with Crippen LogP contribution in [0.5, 0.6) is 5.75 Å². The van der Waals surface area contributed by atoms with Gasteiger partial charge in [-0.25, -0.2) is 9.18 Å². The fourth-order valence-electron chi connectivity index (χ4n) is 3.74. The van der Waals surface area contributed by atoms with Crippen molar-refractivity contribution in [3.8, 4) is 5.75 Å². The Hall–Kier alpha value is -3.19. The Morgan fingerprint density at radius 1 is 1.26 bits per heavy atom. The van der Waals surface area contributed by atoms with E-state index in [9.17, 15) is 14.0 Å². The number of amides is 1. The van der Waals surface area contributed by atoms with Gasteiger partial charge in [0, 0.05) is 32.2 Å². The van der Waals surface area contributed by atoms with Crippen LogP contribution in [-0.4, -0.2) is 59.0 Å². The highest BCUT2D eigenvalue weighted by atomic mass is 19.1. The second-order valence-corrected chi connectivity index (χ2v) is 7.79. The summed E-state index contributed by atoms with van der Waals surface area (Å²) in [4.78, 5) is 27.1. The predicted molar refractivity (Wildman–Crippen MR) is 116 cm³/mol. The first-order chi connectivity index (χ1) is 14.8. The van der Waals surface area contributed by atoms with E-state index in [4.69, 9.17) is 9.84 Å². The van der Waals surface area contributed by atoms with Crippen LogP contribution in [0.15, 0.2) is 55.1 Å². The number of carboxylic acid groups (broad SMARTS) is 1. The number of ether oxygens (including phenoxy) is 1. The van der Waals surface area contributed by atoms with Gasteiger partial charge >= 0.3 is 5.97 Å². The summed E-state index contributed by atoms with van der Waals surface area (Å²) in [7, 11) is 0. The molecule has 0 saturated carbocycles. The molecule has 0 aliphatic carbocycles. The third-order valence-electron chi connectivity index (χ3n) is 5.54. The van der Waals surface area contributed by atoms with Crippen molar-refractivity contribution < 1.29 is 23.8 Å². The minimum Gasteiger partial charge on any atom is -0.484 e. The first-order valence-electron chi connectivity index (χ1n) is 10.2. The Labute approximate surface area is 181 Å². The fourth-order valence-corrected chi connectivity index (χ4v) is 3.74. The zero-order chi connectivity index (χ0) is 22.5. The molecule has 2 aromatic rings. The molecule has 1 heterocycles. The van der Waals surface area contributed by atoms with Gasteiger partial charge < -0.3 is 14.7 Å². The summed E-state index contributed by atoms with van der Waals surface area (Å²) in [5.74, 6) is -0.893. The van der Waals surface area contributed by atoms with Crippen molar-refractivity contribution in [3.05, 3.63) is 77.6 Å². The summed E-state index contributed by atoms with van der Waals surface area (Å²) < 4.78 is 20.4. The zero-order valence-corrected chi connectivity index (χ0v) is 17.8. The normalized spacial score (nSPS) is 17.8. The summed E-state index contributed by atoms with van der Waals surface area (Å²) in [5, 5.41) is 9.09. The molecule has 0 spiro atoms. The van der Waals surface area contributed by atoms with Gasteiger partial charge in [0.15, 0.2) is 0 Å². The second-order valence-electron chi connectivity index (χ2n) is 7.79. The van der Waals surface area contributed by atoms with Crippen LogP contribution in [0.1, 0.15) is 34.5 Å². The number of halogens is 1. The van der Waals surface area contributed by atoms with Crippen molar-refractivity contribution in [2.75, 3.05) is 26.2 Å². The first kappa shape index (κ1) is 22.5. The summed E-state index contributed by atoms with van der Waals surface area (Å²) in [6, 6.07) is 11.2. The molecule has 1 aliphatic rings. The van der Waals surface area contributed by atoms with Gasteiger partial charge in [-0.3, -0.25) is 9.69 Å². The van der Waals surface area contributed by atoms with Gasteiger partial charge in [0.25, 0.3) is 0 Å². The molecule has 31 heavy (non-hydrogen) atoms. The first-order valence-corrected chi connectivity index (χ1v) is 10.2. The van der Waals surface area contributed by atoms with Crippen LogP contribution in [0.2, 0.25) is 0 Å². The summed E-state index contributed by atoms with van der Waals surface area (Å²) in [6.45, 7) is 9.65. The third-order valence-corrected chi connectivity index (χ3v) is 5.54. The second kappa shape index (κ2) is 9.75. The molecule has 7 heteroatoms. The molecule has 6 nitrogen and oxygen atoms in total. The van der Waals surface area contributed by atoms with Crippen LogP contribution in [-0.2, 0) is 4.79 Å². The number of carbonyl (C=O) groups is 2. The number of carbonyl (C=O) groups excluding carboxylic acids is 1. The molecule has 1 amide bonds. The molecule has 0 aromatic heterocycles. The van der Waals surface area contributed by atoms with E-state index in [1.807, 2.05) is 13.0 Å². The Bertz CT molecular complexity index is 961. The maximum absolute atomic E-state index is 14.3. The zero-order valence-electron chi connectivity index (χ0n) is 17.8. The topological polar surface area (TPSA) is 70.1 Å². The molecule has 0 unspecified atom stereocenters. The van der Waals surface area contributed by atoms with Crippen molar-refractivity contribution >= 4 is 11.9 Å². The van der Waals surface area contributed by atoms with Crippen molar-refractivity contribution in [1.29, 1.82) is 0 Å². The smallest absolute Gasteiger partial charge is 0.335 e. The van der Waals surface area contributed by atoms with Crippen LogP contribution < -0.4 is 4.74 Å². The van der Waals surface area contributed by atoms with E-state index in [2.05, 4.69) is 11.5 Å². The Balaban J connectivity index is 1.79. The standard InChI is InChI=1S/C24H27FN2O4/c1-4-23(28)27-12-11-26(14-17(27)3)15-22(19-6-5-16(2)21(25)13-19)31-20-9-7-18(8-10-20)24(29)30/h4-10,13,17,22H,1,11-12,14-15H2,2-3H3,(H,29,30)/t17-,22+/m1/s1. The number of carboxylic acids is 1. The van der Waals surface area contributed by atoms with E-state index in [-0.39, 0.29) is 23.3 Å². The predicted octanol–water partition coefficient (Wildman–Crippen LogP) is 3.67. The quantitative estimate of drug-likeness (QED) is 0.684. The minimum atomic E-state index is -1.01. The number of benzene rings is 2. The Kier molecular flexibility index (Phi) is 7.07. The summed E-state index contributed by atoms with van der Waals surface area (Å²) in [5.41, 5.74) is 1.42.